The van der Waals surface area contributed by atoms with E-state index >= 15 is 0 Å². The molecule has 9 heteroatoms. The van der Waals surface area contributed by atoms with Gasteiger partial charge in [-0.1, -0.05) is 19.1 Å². The van der Waals surface area contributed by atoms with Gasteiger partial charge in [-0.15, -0.1) is 11.8 Å². The molecule has 198 valence electrons. The maximum atomic E-state index is 13.7. The largest absolute Gasteiger partial charge is 0.496 e. The van der Waals surface area contributed by atoms with E-state index in [1.165, 1.54) is 11.8 Å². The molecule has 0 aliphatic rings. The number of hydrogen-bond acceptors (Lipinski definition) is 6. The van der Waals surface area contributed by atoms with E-state index in [0.717, 1.165) is 26.1 Å². The van der Waals surface area contributed by atoms with E-state index < -0.39 is 15.9 Å². The fraction of sp³-hybridized carbons (Fsp3) is 0.321. The molecule has 1 atom stereocenters. The number of aryl methyl sites for hydroxylation is 1. The van der Waals surface area contributed by atoms with Crippen LogP contribution in [0, 0.1) is 6.92 Å². The molecule has 0 unspecified atom stereocenters. The van der Waals surface area contributed by atoms with Crippen LogP contribution in [0.15, 0.2) is 76.5 Å². The van der Waals surface area contributed by atoms with Crippen molar-refractivity contribution in [2.24, 2.45) is 0 Å². The number of nitrogens with one attached hydrogen (secondary N) is 1. The molecule has 0 aliphatic heterocycles. The van der Waals surface area contributed by atoms with E-state index in [1.807, 2.05) is 45.2 Å². The standard InChI is InChI=1S/C28H34N2O5S2/c1-6-26(21-8-17-27(34-4)20(3)18-21)29-28(31)19-30(22-9-11-23(12-10-22)35-7-2)37(32,33)25-15-13-24(36-5)14-16-25/h8-18,26H,6-7,19H2,1-5H3,(H,29,31)/t26-/m0/s1. The Balaban J connectivity index is 1.91. The van der Waals surface area contributed by atoms with Crippen LogP contribution in [0.2, 0.25) is 0 Å². The number of methoxy groups -OCH3 is 1. The molecule has 0 saturated heterocycles. The van der Waals surface area contributed by atoms with Crippen LogP contribution in [0.4, 0.5) is 5.69 Å². The first-order chi connectivity index (χ1) is 17.7. The van der Waals surface area contributed by atoms with Gasteiger partial charge in [0, 0.05) is 4.90 Å². The summed E-state index contributed by atoms with van der Waals surface area (Å²) in [5.41, 5.74) is 2.26. The van der Waals surface area contributed by atoms with Crippen molar-refractivity contribution in [1.82, 2.24) is 5.32 Å². The summed E-state index contributed by atoms with van der Waals surface area (Å²) >= 11 is 1.53. The Hall–Kier alpha value is -3.17. The summed E-state index contributed by atoms with van der Waals surface area (Å²) in [5, 5.41) is 3.01. The molecule has 3 aromatic carbocycles. The Bertz CT molecular complexity index is 1290. The Morgan fingerprint density at radius 1 is 1.03 bits per heavy atom. The SMILES string of the molecule is CCOc1ccc(N(CC(=O)N[C@@H](CC)c2ccc(OC)c(C)c2)S(=O)(=O)c2ccc(SC)cc2)cc1. The zero-order chi connectivity index (χ0) is 27.0. The van der Waals surface area contributed by atoms with Crippen molar-refractivity contribution in [1.29, 1.82) is 0 Å². The maximum absolute atomic E-state index is 13.7. The average Bonchev–Trinajstić information content (AvgIpc) is 2.91. The highest BCUT2D eigenvalue weighted by molar-refractivity contribution is 7.98. The number of thioether (sulfide) groups is 1. The van der Waals surface area contributed by atoms with Crippen molar-refractivity contribution >= 4 is 33.4 Å². The number of ether oxygens (including phenoxy) is 2. The molecular weight excluding hydrogens is 508 g/mol. The minimum absolute atomic E-state index is 0.116. The smallest absolute Gasteiger partial charge is 0.264 e. The van der Waals surface area contributed by atoms with Crippen molar-refractivity contribution in [2.45, 2.75) is 43.0 Å². The third-order valence-corrected chi connectivity index (χ3v) is 8.47. The third-order valence-electron chi connectivity index (χ3n) is 5.94. The zero-order valence-corrected chi connectivity index (χ0v) is 23.5. The molecule has 3 aromatic rings. The van der Waals surface area contributed by atoms with E-state index in [1.54, 1.807) is 55.6 Å². The lowest BCUT2D eigenvalue weighted by Gasteiger charge is -2.26. The molecule has 3 rings (SSSR count). The number of hydrogen-bond donors (Lipinski definition) is 1. The molecule has 0 spiro atoms. The van der Waals surface area contributed by atoms with E-state index in [9.17, 15) is 13.2 Å². The van der Waals surface area contributed by atoms with Gasteiger partial charge in [-0.25, -0.2) is 8.42 Å². The van der Waals surface area contributed by atoms with Gasteiger partial charge in [0.2, 0.25) is 5.91 Å². The van der Waals surface area contributed by atoms with Gasteiger partial charge in [0.05, 0.1) is 30.3 Å². The Kier molecular flexibility index (Phi) is 9.88. The number of rotatable bonds is 12. The minimum Gasteiger partial charge on any atom is -0.496 e. The van der Waals surface area contributed by atoms with Crippen molar-refractivity contribution < 1.29 is 22.7 Å². The van der Waals surface area contributed by atoms with E-state index in [4.69, 9.17) is 9.47 Å². The summed E-state index contributed by atoms with van der Waals surface area (Å²) in [6, 6.07) is 18.8. The topological polar surface area (TPSA) is 84.9 Å². The van der Waals surface area contributed by atoms with Crippen LogP contribution in [-0.2, 0) is 14.8 Å². The summed E-state index contributed by atoms with van der Waals surface area (Å²) in [6.07, 6.45) is 2.57. The third kappa shape index (κ3) is 6.99. The van der Waals surface area contributed by atoms with Gasteiger partial charge in [-0.05, 0) is 92.2 Å². The summed E-state index contributed by atoms with van der Waals surface area (Å²) in [6.45, 7) is 5.92. The first-order valence-corrected chi connectivity index (χ1v) is 14.7. The molecule has 0 aliphatic carbocycles. The molecule has 1 N–H and O–H groups in total. The monoisotopic (exact) mass is 542 g/mol. The molecule has 7 nitrogen and oxygen atoms in total. The highest BCUT2D eigenvalue weighted by Crippen LogP contribution is 2.28. The molecule has 0 heterocycles. The molecule has 37 heavy (non-hydrogen) atoms. The molecule has 0 aromatic heterocycles. The van der Waals surface area contributed by atoms with Crippen LogP contribution in [0.5, 0.6) is 11.5 Å². The van der Waals surface area contributed by atoms with Gasteiger partial charge < -0.3 is 14.8 Å². The molecule has 0 bridgehead atoms. The Morgan fingerprint density at radius 2 is 1.70 bits per heavy atom. The zero-order valence-electron chi connectivity index (χ0n) is 21.9. The summed E-state index contributed by atoms with van der Waals surface area (Å²) in [4.78, 5) is 14.3. The van der Waals surface area contributed by atoms with Crippen molar-refractivity contribution in [2.75, 3.05) is 30.8 Å². The van der Waals surface area contributed by atoms with Crippen LogP contribution in [-0.4, -0.2) is 40.8 Å². The van der Waals surface area contributed by atoms with Gasteiger partial charge in [0.15, 0.2) is 0 Å². The van der Waals surface area contributed by atoms with Crippen molar-refractivity contribution in [3.63, 3.8) is 0 Å². The second kappa shape index (κ2) is 12.9. The number of carbonyl (C=O) groups is 1. The van der Waals surface area contributed by atoms with Gasteiger partial charge >= 0.3 is 0 Å². The van der Waals surface area contributed by atoms with Gasteiger partial charge in [0.1, 0.15) is 18.0 Å². The lowest BCUT2D eigenvalue weighted by atomic mass is 10.0. The van der Waals surface area contributed by atoms with Crippen LogP contribution in [0.3, 0.4) is 0 Å². The summed E-state index contributed by atoms with van der Waals surface area (Å²) < 4.78 is 39.4. The fourth-order valence-corrected chi connectivity index (χ4v) is 5.80. The number of sulfonamides is 1. The number of amides is 1. The van der Waals surface area contributed by atoms with Crippen LogP contribution in [0.25, 0.3) is 0 Å². The number of benzene rings is 3. The quantitative estimate of drug-likeness (QED) is 0.301. The molecule has 0 radical (unpaired) electrons. The predicted molar refractivity (Wildman–Crippen MR) is 149 cm³/mol. The van der Waals surface area contributed by atoms with Crippen LogP contribution in [0.1, 0.15) is 37.4 Å². The first-order valence-electron chi connectivity index (χ1n) is 12.1. The summed E-state index contributed by atoms with van der Waals surface area (Å²) in [7, 11) is -2.40. The van der Waals surface area contributed by atoms with E-state index in [0.29, 0.717) is 24.5 Å². The molecule has 0 saturated carbocycles. The van der Waals surface area contributed by atoms with E-state index in [-0.39, 0.29) is 17.5 Å². The minimum atomic E-state index is -4.02. The molecule has 1 amide bonds. The number of anilines is 1. The highest BCUT2D eigenvalue weighted by Gasteiger charge is 2.28. The number of nitrogens with zero attached hydrogens (tertiary/aromatic N) is 1. The molecule has 0 fully saturated rings. The normalized spacial score (nSPS) is 12.0. The van der Waals surface area contributed by atoms with Gasteiger partial charge in [0.25, 0.3) is 10.0 Å². The van der Waals surface area contributed by atoms with Gasteiger partial charge in [-0.3, -0.25) is 9.10 Å². The van der Waals surface area contributed by atoms with Crippen molar-refractivity contribution in [3.05, 3.63) is 77.9 Å². The fourth-order valence-electron chi connectivity index (χ4n) is 3.98. The lowest BCUT2D eigenvalue weighted by Crippen LogP contribution is -2.42. The molecular formula is C28H34N2O5S2. The van der Waals surface area contributed by atoms with E-state index in [2.05, 4.69) is 5.32 Å². The Morgan fingerprint density at radius 3 is 2.24 bits per heavy atom. The van der Waals surface area contributed by atoms with Crippen LogP contribution >= 0.6 is 11.8 Å². The number of carbonyl (C=O) groups excluding carboxylic acids is 1. The van der Waals surface area contributed by atoms with Crippen molar-refractivity contribution in [3.8, 4) is 11.5 Å². The van der Waals surface area contributed by atoms with Crippen LogP contribution < -0.4 is 19.1 Å². The lowest BCUT2D eigenvalue weighted by molar-refractivity contribution is -0.120. The average molecular weight is 543 g/mol. The Labute approximate surface area is 224 Å². The maximum Gasteiger partial charge on any atom is 0.264 e. The first kappa shape index (κ1) is 28.4. The summed E-state index contributed by atoms with van der Waals surface area (Å²) in [5.74, 6) is 0.988. The predicted octanol–water partition coefficient (Wildman–Crippen LogP) is 5.59. The van der Waals surface area contributed by atoms with Gasteiger partial charge in [-0.2, -0.15) is 0 Å². The second-order valence-electron chi connectivity index (χ2n) is 8.37. The highest BCUT2D eigenvalue weighted by atomic mass is 32.2. The second-order valence-corrected chi connectivity index (χ2v) is 11.1.